The summed E-state index contributed by atoms with van der Waals surface area (Å²) in [7, 11) is 0. The molecule has 0 aromatic carbocycles. The van der Waals surface area contributed by atoms with Gasteiger partial charge in [0.05, 0.1) is 0 Å². The average Bonchev–Trinajstić information content (AvgIpc) is 2.52. The van der Waals surface area contributed by atoms with E-state index in [-0.39, 0.29) is 11.8 Å². The normalized spacial score (nSPS) is 26.5. The minimum absolute atomic E-state index is 0.141. The van der Waals surface area contributed by atoms with E-state index in [1.165, 1.54) is 0 Å². The highest BCUT2D eigenvalue weighted by Gasteiger charge is 2.26. The fourth-order valence-electron chi connectivity index (χ4n) is 1.56. The number of carbonyl (C=O) groups excluding carboxylic acids is 1. The van der Waals surface area contributed by atoms with Crippen LogP contribution < -0.4 is 0 Å². The van der Waals surface area contributed by atoms with Crippen LogP contribution in [-0.4, -0.2) is 5.78 Å². The summed E-state index contributed by atoms with van der Waals surface area (Å²) < 4.78 is 0. The molecule has 0 spiro atoms. The van der Waals surface area contributed by atoms with Crippen LogP contribution in [0.5, 0.6) is 0 Å². The Morgan fingerprint density at radius 1 is 1.67 bits per heavy atom. The first-order chi connectivity index (χ1) is 5.79. The summed E-state index contributed by atoms with van der Waals surface area (Å²) in [6, 6.07) is 0. The van der Waals surface area contributed by atoms with E-state index in [1.54, 1.807) is 0 Å². The van der Waals surface area contributed by atoms with Crippen molar-refractivity contribution in [2.45, 2.75) is 26.7 Å². The Kier molecular flexibility index (Phi) is 3.10. The lowest BCUT2D eigenvalue weighted by Crippen LogP contribution is -2.17. The summed E-state index contributed by atoms with van der Waals surface area (Å²) in [4.78, 5) is 11.4. The smallest absolute Gasteiger partial charge is 0.137 e. The van der Waals surface area contributed by atoms with Crippen LogP contribution in [0.3, 0.4) is 0 Å². The van der Waals surface area contributed by atoms with E-state index in [2.05, 4.69) is 24.0 Å². The van der Waals surface area contributed by atoms with Gasteiger partial charge in [0.25, 0.3) is 0 Å². The third-order valence-electron chi connectivity index (χ3n) is 2.24. The Morgan fingerprint density at radius 3 is 3.00 bits per heavy atom. The lowest BCUT2D eigenvalue weighted by molar-refractivity contribution is -0.122. The molecule has 0 aromatic rings. The molecular formula is C11H14O. The maximum atomic E-state index is 11.4. The van der Waals surface area contributed by atoms with Gasteiger partial charge in [0.1, 0.15) is 5.78 Å². The largest absolute Gasteiger partial charge is 0.299 e. The molecule has 2 atom stereocenters. The Labute approximate surface area is 73.9 Å². The SMILES string of the molecule is CC#CC1C=CCC1C(=O)CC. The van der Waals surface area contributed by atoms with Gasteiger partial charge in [-0.3, -0.25) is 4.79 Å². The van der Waals surface area contributed by atoms with E-state index in [4.69, 9.17) is 0 Å². The summed E-state index contributed by atoms with van der Waals surface area (Å²) in [5.74, 6) is 6.58. The van der Waals surface area contributed by atoms with Crippen molar-refractivity contribution in [3.05, 3.63) is 12.2 Å². The van der Waals surface area contributed by atoms with Gasteiger partial charge >= 0.3 is 0 Å². The molecule has 0 aromatic heterocycles. The topological polar surface area (TPSA) is 17.1 Å². The van der Waals surface area contributed by atoms with E-state index in [1.807, 2.05) is 13.8 Å². The third-order valence-corrected chi connectivity index (χ3v) is 2.24. The molecule has 12 heavy (non-hydrogen) atoms. The van der Waals surface area contributed by atoms with Crippen LogP contribution in [0.15, 0.2) is 12.2 Å². The molecule has 0 saturated carbocycles. The molecule has 1 heteroatoms. The maximum Gasteiger partial charge on any atom is 0.137 e. The van der Waals surface area contributed by atoms with Gasteiger partial charge < -0.3 is 0 Å². The number of hydrogen-bond donors (Lipinski definition) is 0. The molecule has 0 heterocycles. The molecule has 64 valence electrons. The van der Waals surface area contributed by atoms with Crippen molar-refractivity contribution in [1.82, 2.24) is 0 Å². The Bertz CT molecular complexity index is 252. The van der Waals surface area contributed by atoms with Crippen molar-refractivity contribution in [3.63, 3.8) is 0 Å². The zero-order valence-electron chi connectivity index (χ0n) is 7.63. The molecule has 0 amide bonds. The quantitative estimate of drug-likeness (QED) is 0.449. The van der Waals surface area contributed by atoms with Crippen LogP contribution in [0, 0.1) is 23.7 Å². The Morgan fingerprint density at radius 2 is 2.42 bits per heavy atom. The van der Waals surface area contributed by atoms with Gasteiger partial charge in [0.15, 0.2) is 0 Å². The minimum Gasteiger partial charge on any atom is -0.299 e. The monoisotopic (exact) mass is 162 g/mol. The molecule has 0 saturated heterocycles. The molecule has 1 rings (SSSR count). The second-order valence-corrected chi connectivity index (χ2v) is 3.01. The van der Waals surface area contributed by atoms with E-state index in [9.17, 15) is 4.79 Å². The van der Waals surface area contributed by atoms with Crippen molar-refractivity contribution in [3.8, 4) is 11.8 Å². The molecule has 0 fully saturated rings. The zero-order valence-corrected chi connectivity index (χ0v) is 7.63. The van der Waals surface area contributed by atoms with Crippen LogP contribution in [0.4, 0.5) is 0 Å². The predicted octanol–water partition coefficient (Wildman–Crippen LogP) is 2.18. The second-order valence-electron chi connectivity index (χ2n) is 3.01. The van der Waals surface area contributed by atoms with Gasteiger partial charge in [-0.1, -0.05) is 25.0 Å². The van der Waals surface area contributed by atoms with Gasteiger partial charge in [-0.2, -0.15) is 0 Å². The van der Waals surface area contributed by atoms with Crippen molar-refractivity contribution in [1.29, 1.82) is 0 Å². The summed E-state index contributed by atoms with van der Waals surface area (Å²) in [5, 5.41) is 0. The number of Topliss-reactive ketones (excluding diaryl/α,β-unsaturated/α-hetero) is 1. The number of allylic oxidation sites excluding steroid dienone is 2. The third kappa shape index (κ3) is 1.76. The average molecular weight is 162 g/mol. The highest BCUT2D eigenvalue weighted by molar-refractivity contribution is 5.82. The summed E-state index contributed by atoms with van der Waals surface area (Å²) >= 11 is 0. The maximum absolute atomic E-state index is 11.4. The highest BCUT2D eigenvalue weighted by Crippen LogP contribution is 2.26. The zero-order chi connectivity index (χ0) is 8.97. The van der Waals surface area contributed by atoms with Crippen LogP contribution in [0.2, 0.25) is 0 Å². The van der Waals surface area contributed by atoms with Gasteiger partial charge in [0.2, 0.25) is 0 Å². The van der Waals surface area contributed by atoms with E-state index >= 15 is 0 Å². The fraction of sp³-hybridized carbons (Fsp3) is 0.545. The molecule has 0 radical (unpaired) electrons. The van der Waals surface area contributed by atoms with Crippen molar-refractivity contribution in [2.24, 2.45) is 11.8 Å². The van der Waals surface area contributed by atoms with Crippen LogP contribution in [0.1, 0.15) is 26.7 Å². The lowest BCUT2D eigenvalue weighted by Gasteiger charge is -2.11. The summed E-state index contributed by atoms with van der Waals surface area (Å²) in [5.41, 5.74) is 0. The van der Waals surface area contributed by atoms with E-state index in [0.29, 0.717) is 12.2 Å². The standard InChI is InChI=1S/C11H14O/c1-3-6-9-7-5-8-10(9)11(12)4-2/h5,7,9-10H,4,8H2,1-2H3. The first-order valence-electron chi connectivity index (χ1n) is 4.41. The minimum atomic E-state index is 0.141. The number of rotatable bonds is 2. The molecule has 0 bridgehead atoms. The number of carbonyl (C=O) groups is 1. The van der Waals surface area contributed by atoms with Gasteiger partial charge in [-0.25, -0.2) is 0 Å². The van der Waals surface area contributed by atoms with Crippen molar-refractivity contribution < 1.29 is 4.79 Å². The first kappa shape index (κ1) is 9.06. The fourth-order valence-corrected chi connectivity index (χ4v) is 1.56. The highest BCUT2D eigenvalue weighted by atomic mass is 16.1. The molecule has 1 nitrogen and oxygen atoms in total. The Balaban J connectivity index is 2.66. The second kappa shape index (κ2) is 4.11. The molecular weight excluding hydrogens is 148 g/mol. The molecule has 0 aliphatic heterocycles. The van der Waals surface area contributed by atoms with Crippen LogP contribution in [0.25, 0.3) is 0 Å². The summed E-state index contributed by atoms with van der Waals surface area (Å²) in [6.45, 7) is 3.73. The Hall–Kier alpha value is -1.03. The molecule has 1 aliphatic carbocycles. The summed E-state index contributed by atoms with van der Waals surface area (Å²) in [6.07, 6.45) is 5.63. The van der Waals surface area contributed by atoms with Gasteiger partial charge in [-0.05, 0) is 13.3 Å². The van der Waals surface area contributed by atoms with E-state index < -0.39 is 0 Å². The van der Waals surface area contributed by atoms with Gasteiger partial charge in [-0.15, -0.1) is 5.92 Å². The van der Waals surface area contributed by atoms with Crippen molar-refractivity contribution >= 4 is 5.78 Å². The van der Waals surface area contributed by atoms with Crippen LogP contribution in [-0.2, 0) is 4.79 Å². The lowest BCUT2D eigenvalue weighted by atomic mass is 9.90. The van der Waals surface area contributed by atoms with Crippen molar-refractivity contribution in [2.75, 3.05) is 0 Å². The predicted molar refractivity (Wildman–Crippen MR) is 49.5 cm³/mol. The number of ketones is 1. The number of hydrogen-bond acceptors (Lipinski definition) is 1. The first-order valence-corrected chi connectivity index (χ1v) is 4.41. The van der Waals surface area contributed by atoms with E-state index in [0.717, 1.165) is 6.42 Å². The van der Waals surface area contributed by atoms with Crippen LogP contribution >= 0.6 is 0 Å². The molecule has 2 unspecified atom stereocenters. The molecule has 1 aliphatic rings. The molecule has 0 N–H and O–H groups in total. The van der Waals surface area contributed by atoms with Gasteiger partial charge in [0, 0.05) is 18.3 Å².